The van der Waals surface area contributed by atoms with E-state index in [4.69, 9.17) is 0 Å². The van der Waals surface area contributed by atoms with Crippen molar-refractivity contribution >= 4 is 0 Å². The molecule has 3 rings (SSSR count). The Hall–Kier alpha value is -1.60. The topological polar surface area (TPSA) is 20.2 Å². The number of rotatable bonds is 1. The molecule has 0 aliphatic heterocycles. The minimum atomic E-state index is -0.349. The maximum absolute atomic E-state index is 10.1. The smallest absolute Gasteiger partial charge is 0.0621 e. The summed E-state index contributed by atoms with van der Waals surface area (Å²) in [6.07, 6.45) is 0.632. The zero-order valence-electron chi connectivity index (χ0n) is 9.93. The first-order chi connectivity index (χ1) is 8.27. The van der Waals surface area contributed by atoms with E-state index in [2.05, 4.69) is 48.5 Å². The summed E-state index contributed by atoms with van der Waals surface area (Å²) in [4.78, 5) is 0. The molecule has 1 N–H and O–H groups in total. The van der Waals surface area contributed by atoms with Crippen molar-refractivity contribution in [1.82, 2.24) is 0 Å². The minimum absolute atomic E-state index is 0.121. The second-order valence-corrected chi connectivity index (χ2v) is 4.79. The van der Waals surface area contributed by atoms with Gasteiger partial charge >= 0.3 is 0 Å². The van der Waals surface area contributed by atoms with Crippen LogP contribution in [0.4, 0.5) is 0 Å². The summed E-state index contributed by atoms with van der Waals surface area (Å²) in [6.45, 7) is 1.88. The van der Waals surface area contributed by atoms with Crippen LogP contribution in [0.3, 0.4) is 0 Å². The molecule has 1 nitrogen and oxygen atoms in total. The van der Waals surface area contributed by atoms with Crippen molar-refractivity contribution in [1.29, 1.82) is 0 Å². The van der Waals surface area contributed by atoms with E-state index in [1.165, 1.54) is 22.3 Å². The third-order valence-corrected chi connectivity index (χ3v) is 3.64. The van der Waals surface area contributed by atoms with Crippen molar-refractivity contribution in [2.24, 2.45) is 0 Å². The van der Waals surface area contributed by atoms with Crippen molar-refractivity contribution in [3.8, 4) is 0 Å². The van der Waals surface area contributed by atoms with Crippen molar-refractivity contribution in [3.63, 3.8) is 0 Å². The molecular weight excluding hydrogens is 208 g/mol. The number of hydrogen-bond donors (Lipinski definition) is 1. The zero-order chi connectivity index (χ0) is 11.8. The number of fused-ring (bicyclic) bond motifs is 2. The van der Waals surface area contributed by atoms with E-state index in [0.29, 0.717) is 0 Å². The molecule has 1 atom stereocenters. The Morgan fingerprint density at radius 2 is 1.41 bits per heavy atom. The molecule has 1 heteroatoms. The van der Waals surface area contributed by atoms with Crippen molar-refractivity contribution in [3.05, 3.63) is 70.8 Å². The van der Waals surface area contributed by atoms with Crippen LogP contribution in [0.25, 0.3) is 0 Å². The summed E-state index contributed by atoms with van der Waals surface area (Å²) in [5.41, 5.74) is 5.25. The lowest BCUT2D eigenvalue weighted by Gasteiger charge is -2.30. The lowest BCUT2D eigenvalue weighted by molar-refractivity contribution is 0.175. The average molecular weight is 224 g/mol. The van der Waals surface area contributed by atoms with E-state index in [-0.39, 0.29) is 12.0 Å². The van der Waals surface area contributed by atoms with Gasteiger partial charge in [-0.2, -0.15) is 0 Å². The summed E-state index contributed by atoms with van der Waals surface area (Å²) in [5, 5.41) is 10.1. The number of hydrogen-bond acceptors (Lipinski definition) is 1. The number of aliphatic hydroxyl groups excluding tert-OH is 1. The molecular formula is C16H16O. The van der Waals surface area contributed by atoms with E-state index in [9.17, 15) is 5.11 Å². The lowest BCUT2D eigenvalue weighted by Crippen LogP contribution is -2.22. The van der Waals surface area contributed by atoms with Gasteiger partial charge in [0, 0.05) is 5.92 Å². The molecule has 0 amide bonds. The molecule has 0 saturated heterocycles. The van der Waals surface area contributed by atoms with Gasteiger partial charge in [0.1, 0.15) is 0 Å². The van der Waals surface area contributed by atoms with Gasteiger partial charge in [-0.05, 0) is 35.6 Å². The molecule has 2 aromatic rings. The predicted molar refractivity (Wildman–Crippen MR) is 69.2 cm³/mol. The molecule has 0 saturated carbocycles. The van der Waals surface area contributed by atoms with Crippen LogP contribution in [-0.2, 0) is 6.42 Å². The molecule has 0 aromatic heterocycles. The molecule has 0 heterocycles. The fourth-order valence-corrected chi connectivity index (χ4v) is 2.89. The maximum Gasteiger partial charge on any atom is 0.0621 e. The van der Waals surface area contributed by atoms with Gasteiger partial charge in [0.25, 0.3) is 0 Å². The Bertz CT molecular complexity index is 497. The average Bonchev–Trinajstić information content (AvgIpc) is 2.35. The van der Waals surface area contributed by atoms with Crippen LogP contribution in [0, 0.1) is 0 Å². The molecule has 2 aromatic carbocycles. The minimum Gasteiger partial charge on any atom is -0.392 e. The first-order valence-corrected chi connectivity index (χ1v) is 6.11. The quantitative estimate of drug-likeness (QED) is 0.789. The monoisotopic (exact) mass is 224 g/mol. The Morgan fingerprint density at radius 3 is 1.88 bits per heavy atom. The number of aliphatic hydroxyl groups is 1. The Balaban J connectivity index is 2.21. The Labute approximate surface area is 102 Å². The highest BCUT2D eigenvalue weighted by Crippen LogP contribution is 2.38. The third-order valence-electron chi connectivity index (χ3n) is 3.64. The van der Waals surface area contributed by atoms with E-state index in [1.54, 1.807) is 0 Å². The lowest BCUT2D eigenvalue weighted by atomic mass is 9.76. The Morgan fingerprint density at radius 1 is 0.941 bits per heavy atom. The largest absolute Gasteiger partial charge is 0.392 e. The predicted octanol–water partition coefficient (Wildman–Crippen LogP) is 3.10. The van der Waals surface area contributed by atoms with Crippen molar-refractivity contribution in [2.75, 3.05) is 0 Å². The van der Waals surface area contributed by atoms with Gasteiger partial charge in [0.2, 0.25) is 0 Å². The summed E-state index contributed by atoms with van der Waals surface area (Å²) >= 11 is 0. The zero-order valence-corrected chi connectivity index (χ0v) is 9.93. The van der Waals surface area contributed by atoms with E-state index in [0.717, 1.165) is 6.42 Å². The molecule has 17 heavy (non-hydrogen) atoms. The van der Waals surface area contributed by atoms with Crippen molar-refractivity contribution < 1.29 is 5.11 Å². The molecule has 1 aliphatic rings. The molecule has 0 bridgehead atoms. The van der Waals surface area contributed by atoms with Gasteiger partial charge in [-0.15, -0.1) is 0 Å². The molecule has 0 radical (unpaired) electrons. The fraction of sp³-hybridized carbons (Fsp3) is 0.250. The summed E-state index contributed by atoms with van der Waals surface area (Å²) in [7, 11) is 0. The second-order valence-electron chi connectivity index (χ2n) is 4.79. The van der Waals surface area contributed by atoms with Crippen LogP contribution in [0.15, 0.2) is 48.5 Å². The summed E-state index contributed by atoms with van der Waals surface area (Å²) in [5.74, 6) is 0.121. The molecule has 1 aliphatic carbocycles. The maximum atomic E-state index is 10.1. The van der Waals surface area contributed by atoms with Crippen LogP contribution in [0.1, 0.15) is 35.1 Å². The third kappa shape index (κ3) is 1.67. The van der Waals surface area contributed by atoms with Crippen LogP contribution < -0.4 is 0 Å². The standard InChI is InChI=1S/C16H16O/c1-11(17)16-14-8-4-2-6-12(14)10-13-7-3-5-9-15(13)16/h2-9,11,16-17H,10H2,1H3/t11-/m1/s1. The van der Waals surface area contributed by atoms with Crippen LogP contribution in [0.2, 0.25) is 0 Å². The highest BCUT2D eigenvalue weighted by molar-refractivity contribution is 5.49. The van der Waals surface area contributed by atoms with Gasteiger partial charge in [-0.3, -0.25) is 0 Å². The SMILES string of the molecule is C[C@@H](O)C1c2ccccc2Cc2ccccc21. The first-order valence-electron chi connectivity index (χ1n) is 6.11. The molecule has 86 valence electrons. The van der Waals surface area contributed by atoms with Crippen LogP contribution in [0.5, 0.6) is 0 Å². The number of benzene rings is 2. The highest BCUT2D eigenvalue weighted by atomic mass is 16.3. The van der Waals surface area contributed by atoms with Gasteiger partial charge in [-0.1, -0.05) is 48.5 Å². The van der Waals surface area contributed by atoms with E-state index >= 15 is 0 Å². The second kappa shape index (κ2) is 4.01. The molecule has 0 unspecified atom stereocenters. The summed E-state index contributed by atoms with van der Waals surface area (Å²) < 4.78 is 0. The highest BCUT2D eigenvalue weighted by Gasteiger charge is 2.27. The summed E-state index contributed by atoms with van der Waals surface area (Å²) in [6, 6.07) is 16.9. The van der Waals surface area contributed by atoms with E-state index in [1.807, 2.05) is 6.92 Å². The van der Waals surface area contributed by atoms with E-state index < -0.39 is 0 Å². The van der Waals surface area contributed by atoms with Crippen LogP contribution in [-0.4, -0.2) is 11.2 Å². The van der Waals surface area contributed by atoms with Crippen molar-refractivity contribution in [2.45, 2.75) is 25.4 Å². The van der Waals surface area contributed by atoms with Gasteiger partial charge < -0.3 is 5.11 Å². The molecule has 0 fully saturated rings. The van der Waals surface area contributed by atoms with Gasteiger partial charge in [0.15, 0.2) is 0 Å². The van der Waals surface area contributed by atoms with Crippen LogP contribution >= 0.6 is 0 Å². The van der Waals surface area contributed by atoms with Gasteiger partial charge in [-0.25, -0.2) is 0 Å². The fourth-order valence-electron chi connectivity index (χ4n) is 2.89. The normalized spacial score (nSPS) is 16.1. The Kier molecular flexibility index (Phi) is 2.49. The first kappa shape index (κ1) is 10.5. The van der Waals surface area contributed by atoms with Gasteiger partial charge in [0.05, 0.1) is 6.10 Å². The molecule has 0 spiro atoms.